The molecular formula is C16H24N2O2. The maximum Gasteiger partial charge on any atom is 0.123 e. The Labute approximate surface area is 120 Å². The fourth-order valence-electron chi connectivity index (χ4n) is 3.78. The molecule has 0 saturated carbocycles. The Bertz CT molecular complexity index is 464. The lowest BCUT2D eigenvalue weighted by Crippen LogP contribution is -2.44. The lowest BCUT2D eigenvalue weighted by molar-refractivity contribution is 0.0307. The highest BCUT2D eigenvalue weighted by molar-refractivity contribution is 5.37. The number of aliphatic hydroxyl groups is 1. The molecule has 0 aliphatic carbocycles. The molecule has 4 heteroatoms. The van der Waals surface area contributed by atoms with Crippen LogP contribution < -0.4 is 10.5 Å². The summed E-state index contributed by atoms with van der Waals surface area (Å²) >= 11 is 0. The number of hydrogen-bond donors (Lipinski definition) is 2. The van der Waals surface area contributed by atoms with Crippen LogP contribution in [0.2, 0.25) is 0 Å². The van der Waals surface area contributed by atoms with E-state index >= 15 is 0 Å². The molecule has 2 unspecified atom stereocenters. The average molecular weight is 276 g/mol. The van der Waals surface area contributed by atoms with Crippen molar-refractivity contribution in [3.8, 4) is 5.75 Å². The quantitative estimate of drug-likeness (QED) is 0.878. The van der Waals surface area contributed by atoms with Crippen molar-refractivity contribution in [3.63, 3.8) is 0 Å². The number of fused-ring (bicyclic) bond motifs is 2. The van der Waals surface area contributed by atoms with E-state index in [4.69, 9.17) is 10.5 Å². The first kappa shape index (κ1) is 13.9. The lowest BCUT2D eigenvalue weighted by Gasteiger charge is -2.37. The molecule has 1 aromatic carbocycles. The second-order valence-electron chi connectivity index (χ2n) is 6.03. The van der Waals surface area contributed by atoms with E-state index in [2.05, 4.69) is 11.0 Å². The highest BCUT2D eigenvalue weighted by Crippen LogP contribution is 2.37. The van der Waals surface area contributed by atoms with Gasteiger partial charge in [0.25, 0.3) is 0 Å². The molecule has 2 aliphatic rings. The minimum Gasteiger partial charge on any atom is -0.496 e. The Hall–Kier alpha value is -1.10. The predicted molar refractivity (Wildman–Crippen MR) is 78.5 cm³/mol. The van der Waals surface area contributed by atoms with Crippen LogP contribution in [-0.4, -0.2) is 35.3 Å². The monoisotopic (exact) mass is 276 g/mol. The van der Waals surface area contributed by atoms with Crippen LogP contribution in [0, 0.1) is 0 Å². The second-order valence-corrected chi connectivity index (χ2v) is 6.03. The predicted octanol–water partition coefficient (Wildman–Crippen LogP) is 1.64. The number of methoxy groups -OCH3 is 1. The molecule has 110 valence electrons. The number of aliphatic hydroxyl groups excluding tert-OH is 1. The highest BCUT2D eigenvalue weighted by Gasteiger charge is 2.40. The van der Waals surface area contributed by atoms with Crippen LogP contribution in [0.15, 0.2) is 18.2 Å². The van der Waals surface area contributed by atoms with Crippen LogP contribution in [-0.2, 0) is 13.1 Å². The summed E-state index contributed by atoms with van der Waals surface area (Å²) in [7, 11) is 1.72. The summed E-state index contributed by atoms with van der Waals surface area (Å²) in [6.07, 6.45) is 4.13. The number of piperidine rings is 1. The van der Waals surface area contributed by atoms with Gasteiger partial charge in [-0.2, -0.15) is 0 Å². The number of nitrogens with zero attached hydrogens (tertiary/aromatic N) is 1. The zero-order chi connectivity index (χ0) is 14.1. The van der Waals surface area contributed by atoms with Crippen molar-refractivity contribution >= 4 is 0 Å². The number of nitrogens with two attached hydrogens (primary N) is 1. The maximum absolute atomic E-state index is 9.89. The lowest BCUT2D eigenvalue weighted by atomic mass is 9.98. The van der Waals surface area contributed by atoms with E-state index < -0.39 is 0 Å². The molecule has 2 saturated heterocycles. The molecule has 2 bridgehead atoms. The van der Waals surface area contributed by atoms with Crippen molar-refractivity contribution < 1.29 is 9.84 Å². The number of rotatable bonds is 4. The molecule has 1 aromatic rings. The van der Waals surface area contributed by atoms with Crippen LogP contribution in [0.25, 0.3) is 0 Å². The zero-order valence-electron chi connectivity index (χ0n) is 12.1. The van der Waals surface area contributed by atoms with E-state index in [-0.39, 0.29) is 6.10 Å². The van der Waals surface area contributed by atoms with Crippen LogP contribution >= 0.6 is 0 Å². The van der Waals surface area contributed by atoms with Gasteiger partial charge in [-0.1, -0.05) is 6.07 Å². The van der Waals surface area contributed by atoms with E-state index in [1.54, 1.807) is 7.11 Å². The molecule has 0 radical (unpaired) electrons. The molecule has 2 atom stereocenters. The average Bonchev–Trinajstić information content (AvgIpc) is 2.70. The third kappa shape index (κ3) is 2.55. The molecule has 20 heavy (non-hydrogen) atoms. The van der Waals surface area contributed by atoms with E-state index in [1.165, 1.54) is 18.4 Å². The van der Waals surface area contributed by atoms with E-state index in [0.29, 0.717) is 18.6 Å². The largest absolute Gasteiger partial charge is 0.496 e. The molecule has 2 fully saturated rings. The van der Waals surface area contributed by atoms with Gasteiger partial charge in [-0.25, -0.2) is 0 Å². The van der Waals surface area contributed by atoms with Crippen molar-refractivity contribution in [1.82, 2.24) is 4.90 Å². The summed E-state index contributed by atoms with van der Waals surface area (Å²) < 4.78 is 5.48. The molecular weight excluding hydrogens is 252 g/mol. The van der Waals surface area contributed by atoms with Crippen molar-refractivity contribution in [3.05, 3.63) is 29.3 Å². The number of hydrogen-bond acceptors (Lipinski definition) is 4. The molecule has 0 spiro atoms. The number of ether oxygens (including phenoxy) is 1. The van der Waals surface area contributed by atoms with Crippen molar-refractivity contribution in [2.75, 3.05) is 7.11 Å². The minimum atomic E-state index is -0.110. The van der Waals surface area contributed by atoms with Gasteiger partial charge < -0.3 is 15.6 Å². The van der Waals surface area contributed by atoms with Gasteiger partial charge in [0.15, 0.2) is 0 Å². The van der Waals surface area contributed by atoms with Crippen molar-refractivity contribution in [2.24, 2.45) is 5.73 Å². The topological polar surface area (TPSA) is 58.7 Å². The van der Waals surface area contributed by atoms with E-state index in [1.807, 2.05) is 12.1 Å². The Morgan fingerprint density at radius 2 is 2.00 bits per heavy atom. The molecule has 3 N–H and O–H groups in total. The second kappa shape index (κ2) is 5.72. The Morgan fingerprint density at radius 3 is 2.60 bits per heavy atom. The minimum absolute atomic E-state index is 0.110. The SMILES string of the molecule is COc1ccc(CN)cc1CN1C2CCC1CC(O)C2. The first-order valence-corrected chi connectivity index (χ1v) is 7.51. The first-order valence-electron chi connectivity index (χ1n) is 7.51. The fraction of sp³-hybridized carbons (Fsp3) is 0.625. The van der Waals surface area contributed by atoms with Gasteiger partial charge in [-0.05, 0) is 43.4 Å². The molecule has 2 aliphatic heterocycles. The van der Waals surface area contributed by atoms with Gasteiger partial charge in [0.2, 0.25) is 0 Å². The van der Waals surface area contributed by atoms with Crippen molar-refractivity contribution in [1.29, 1.82) is 0 Å². The molecule has 4 nitrogen and oxygen atoms in total. The van der Waals surface area contributed by atoms with Crippen LogP contribution in [0.5, 0.6) is 5.75 Å². The van der Waals surface area contributed by atoms with Crippen LogP contribution in [0.3, 0.4) is 0 Å². The Kier molecular flexibility index (Phi) is 3.96. The normalized spacial score (nSPS) is 29.6. The summed E-state index contributed by atoms with van der Waals surface area (Å²) in [5, 5.41) is 9.89. The number of benzene rings is 1. The first-order chi connectivity index (χ1) is 9.71. The molecule has 2 heterocycles. The third-order valence-corrected chi connectivity index (χ3v) is 4.79. The van der Waals surface area contributed by atoms with Gasteiger partial charge in [0, 0.05) is 30.7 Å². The zero-order valence-corrected chi connectivity index (χ0v) is 12.1. The molecule has 0 amide bonds. The summed E-state index contributed by atoms with van der Waals surface area (Å²) in [5.41, 5.74) is 8.10. The van der Waals surface area contributed by atoms with Crippen LogP contribution in [0.4, 0.5) is 0 Å². The van der Waals surface area contributed by atoms with Crippen molar-refractivity contribution in [2.45, 2.75) is 57.0 Å². The maximum atomic E-state index is 9.89. The molecule has 0 aromatic heterocycles. The standard InChI is InChI=1S/C16H24N2O2/c1-20-16-5-2-11(9-17)6-12(16)10-18-13-3-4-14(18)8-15(19)7-13/h2,5-6,13-15,19H,3-4,7-10,17H2,1H3. The summed E-state index contributed by atoms with van der Waals surface area (Å²) in [5.74, 6) is 0.938. The summed E-state index contributed by atoms with van der Waals surface area (Å²) in [6.45, 7) is 1.46. The van der Waals surface area contributed by atoms with E-state index in [9.17, 15) is 5.11 Å². The van der Waals surface area contributed by atoms with Crippen LogP contribution in [0.1, 0.15) is 36.8 Å². The van der Waals surface area contributed by atoms with Gasteiger partial charge in [-0.3, -0.25) is 4.90 Å². The van der Waals surface area contributed by atoms with Gasteiger partial charge in [0.1, 0.15) is 5.75 Å². The van der Waals surface area contributed by atoms with Gasteiger partial charge in [0.05, 0.1) is 13.2 Å². The van der Waals surface area contributed by atoms with Gasteiger partial charge >= 0.3 is 0 Å². The summed E-state index contributed by atoms with van der Waals surface area (Å²) in [4.78, 5) is 2.55. The fourth-order valence-corrected chi connectivity index (χ4v) is 3.78. The van der Waals surface area contributed by atoms with E-state index in [0.717, 1.165) is 30.7 Å². The third-order valence-electron chi connectivity index (χ3n) is 4.79. The Morgan fingerprint density at radius 1 is 1.30 bits per heavy atom. The smallest absolute Gasteiger partial charge is 0.123 e. The Balaban J connectivity index is 1.81. The highest BCUT2D eigenvalue weighted by atomic mass is 16.5. The summed E-state index contributed by atoms with van der Waals surface area (Å²) in [6, 6.07) is 7.24. The van der Waals surface area contributed by atoms with Gasteiger partial charge in [-0.15, -0.1) is 0 Å². The molecule has 3 rings (SSSR count).